The van der Waals surface area contributed by atoms with Crippen LogP contribution in [0.15, 0.2) is 52.5 Å². The van der Waals surface area contributed by atoms with Gasteiger partial charge in [-0.25, -0.2) is 0 Å². The third-order valence-corrected chi connectivity index (χ3v) is 6.18. The first kappa shape index (κ1) is 17.4. The van der Waals surface area contributed by atoms with E-state index in [9.17, 15) is 4.79 Å². The number of hydrogen-bond donors (Lipinski definition) is 1. The van der Waals surface area contributed by atoms with Gasteiger partial charge in [-0.3, -0.25) is 4.79 Å². The van der Waals surface area contributed by atoms with Crippen LogP contribution in [-0.2, 0) is 16.1 Å². The molecule has 3 heterocycles. The zero-order chi connectivity index (χ0) is 18.9. The predicted octanol–water partition coefficient (Wildman–Crippen LogP) is 2.78. The molecule has 0 radical (unpaired) electrons. The molecule has 0 saturated heterocycles. The zero-order valence-electron chi connectivity index (χ0n) is 15.2. The van der Waals surface area contributed by atoms with Gasteiger partial charge in [0.05, 0.1) is 18.9 Å². The first-order valence-corrected chi connectivity index (χ1v) is 10.4. The van der Waals surface area contributed by atoms with Gasteiger partial charge in [0.1, 0.15) is 17.6 Å². The fourth-order valence-electron chi connectivity index (χ4n) is 3.55. The second-order valence-corrected chi connectivity index (χ2v) is 8.06. The van der Waals surface area contributed by atoms with E-state index in [1.807, 2.05) is 36.4 Å². The van der Waals surface area contributed by atoms with Crippen LogP contribution in [0.4, 0.5) is 0 Å². The summed E-state index contributed by atoms with van der Waals surface area (Å²) in [4.78, 5) is 19.1. The number of ether oxygens (including phenoxy) is 2. The first-order valence-electron chi connectivity index (χ1n) is 9.41. The first-order chi connectivity index (χ1) is 13.8. The summed E-state index contributed by atoms with van der Waals surface area (Å²) >= 11 is 1.64. The van der Waals surface area contributed by atoms with Crippen LogP contribution in [0.5, 0.6) is 11.5 Å². The lowest BCUT2D eigenvalue weighted by Gasteiger charge is -2.25. The Kier molecular flexibility index (Phi) is 4.60. The average Bonchev–Trinajstić information content (AvgIpc) is 3.40. The van der Waals surface area contributed by atoms with E-state index in [4.69, 9.17) is 14.3 Å². The Morgan fingerprint density at radius 1 is 1.21 bits per heavy atom. The van der Waals surface area contributed by atoms with Crippen LogP contribution < -0.4 is 14.8 Å². The van der Waals surface area contributed by atoms with Gasteiger partial charge in [-0.1, -0.05) is 17.3 Å². The van der Waals surface area contributed by atoms with Crippen molar-refractivity contribution in [3.63, 3.8) is 0 Å². The van der Waals surface area contributed by atoms with Crippen LogP contribution in [0.1, 0.15) is 17.5 Å². The molecule has 0 fully saturated rings. The number of fused-ring (bicyclic) bond motifs is 2. The highest BCUT2D eigenvalue weighted by molar-refractivity contribution is 7.99. The fraction of sp³-hybridized carbons (Fsp3) is 0.333. The summed E-state index contributed by atoms with van der Waals surface area (Å²) in [5.41, 5.74) is 3.18. The van der Waals surface area contributed by atoms with Gasteiger partial charge in [-0.15, -0.1) is 11.8 Å². The van der Waals surface area contributed by atoms with Crippen molar-refractivity contribution >= 4 is 23.4 Å². The highest BCUT2D eigenvalue weighted by Gasteiger charge is 2.29. The van der Waals surface area contributed by atoms with Crippen LogP contribution >= 0.6 is 11.8 Å². The van der Waals surface area contributed by atoms with Crippen LogP contribution in [-0.4, -0.2) is 42.7 Å². The number of amides is 1. The van der Waals surface area contributed by atoms with Gasteiger partial charge in [0, 0.05) is 23.5 Å². The van der Waals surface area contributed by atoms with E-state index in [0.29, 0.717) is 18.7 Å². The lowest BCUT2D eigenvalue weighted by Crippen LogP contribution is -2.44. The minimum Gasteiger partial charge on any atom is -0.493 e. The topological polar surface area (TPSA) is 69.2 Å². The van der Waals surface area contributed by atoms with Crippen molar-refractivity contribution in [2.75, 3.05) is 18.9 Å². The van der Waals surface area contributed by atoms with E-state index in [1.165, 1.54) is 5.56 Å². The maximum Gasteiger partial charge on any atom is 0.262 e. The molecule has 0 bridgehead atoms. The second kappa shape index (κ2) is 7.39. The van der Waals surface area contributed by atoms with Gasteiger partial charge in [0.25, 0.3) is 5.91 Å². The summed E-state index contributed by atoms with van der Waals surface area (Å²) in [6, 6.07) is 13.9. The van der Waals surface area contributed by atoms with Crippen molar-refractivity contribution in [3.05, 3.63) is 53.6 Å². The molecule has 1 N–H and O–H groups in total. The van der Waals surface area contributed by atoms with Gasteiger partial charge < -0.3 is 19.6 Å². The van der Waals surface area contributed by atoms with E-state index in [1.54, 1.807) is 11.8 Å². The van der Waals surface area contributed by atoms with E-state index in [-0.39, 0.29) is 12.0 Å². The lowest BCUT2D eigenvalue weighted by atomic mass is 10.0. The predicted molar refractivity (Wildman–Crippen MR) is 106 cm³/mol. The Balaban J connectivity index is 1.14. The summed E-state index contributed by atoms with van der Waals surface area (Å²) in [5, 5.41) is 7.17. The number of rotatable bonds is 4. The molecule has 7 heteroatoms. The van der Waals surface area contributed by atoms with Crippen molar-refractivity contribution in [2.45, 2.75) is 29.9 Å². The number of oxime groups is 1. The number of thioether (sulfide) groups is 1. The fourth-order valence-corrected chi connectivity index (χ4v) is 4.53. The van der Waals surface area contributed by atoms with Crippen molar-refractivity contribution in [2.24, 2.45) is 5.16 Å². The molecular formula is C21H20N2O4S. The normalized spacial score (nSPS) is 22.2. The van der Waals surface area contributed by atoms with Crippen LogP contribution in [0, 0.1) is 0 Å². The standard InChI is InChI=1S/C21H20N2O4S/c24-21(19-12-28-20-4-2-1-3-18(20)26-19)22-11-15-10-16(23-27-15)13-5-6-17-14(9-13)7-8-25-17/h1-6,9,15,19H,7-8,10-12H2,(H,22,24). The Morgan fingerprint density at radius 2 is 2.14 bits per heavy atom. The summed E-state index contributed by atoms with van der Waals surface area (Å²) in [5.74, 6) is 2.21. The lowest BCUT2D eigenvalue weighted by molar-refractivity contribution is -0.127. The van der Waals surface area contributed by atoms with E-state index in [2.05, 4.69) is 16.5 Å². The van der Waals surface area contributed by atoms with Crippen LogP contribution in [0.2, 0.25) is 0 Å². The minimum atomic E-state index is -0.488. The quantitative estimate of drug-likeness (QED) is 0.861. The Bertz CT molecular complexity index is 946. The molecule has 2 aromatic rings. The maximum absolute atomic E-state index is 12.5. The van der Waals surface area contributed by atoms with Gasteiger partial charge in [-0.05, 0) is 41.5 Å². The molecule has 28 heavy (non-hydrogen) atoms. The molecule has 1 amide bonds. The van der Waals surface area contributed by atoms with Crippen molar-refractivity contribution in [1.29, 1.82) is 0 Å². The Hall–Kier alpha value is -2.67. The smallest absolute Gasteiger partial charge is 0.262 e. The molecule has 0 aliphatic carbocycles. The van der Waals surface area contributed by atoms with E-state index >= 15 is 0 Å². The van der Waals surface area contributed by atoms with Gasteiger partial charge >= 0.3 is 0 Å². The highest BCUT2D eigenvalue weighted by atomic mass is 32.2. The molecular weight excluding hydrogens is 376 g/mol. The molecule has 144 valence electrons. The van der Waals surface area contributed by atoms with Gasteiger partial charge in [0.2, 0.25) is 0 Å². The number of carbonyl (C=O) groups excluding carboxylic acids is 1. The summed E-state index contributed by atoms with van der Waals surface area (Å²) in [7, 11) is 0. The maximum atomic E-state index is 12.5. The molecule has 0 saturated carbocycles. The third-order valence-electron chi connectivity index (χ3n) is 5.06. The molecule has 3 aliphatic rings. The zero-order valence-corrected chi connectivity index (χ0v) is 16.0. The molecule has 3 aliphatic heterocycles. The second-order valence-electron chi connectivity index (χ2n) is 7.00. The molecule has 6 nitrogen and oxygen atoms in total. The van der Waals surface area contributed by atoms with Gasteiger partial charge in [-0.2, -0.15) is 0 Å². The largest absolute Gasteiger partial charge is 0.493 e. The van der Waals surface area contributed by atoms with Crippen molar-refractivity contribution in [3.8, 4) is 11.5 Å². The van der Waals surface area contributed by atoms with Gasteiger partial charge in [0.15, 0.2) is 6.10 Å². The van der Waals surface area contributed by atoms with E-state index in [0.717, 1.165) is 40.7 Å². The number of hydrogen-bond acceptors (Lipinski definition) is 6. The number of benzene rings is 2. The minimum absolute atomic E-state index is 0.117. The summed E-state index contributed by atoms with van der Waals surface area (Å²) < 4.78 is 11.4. The molecule has 0 spiro atoms. The Morgan fingerprint density at radius 3 is 3.11 bits per heavy atom. The number of nitrogens with one attached hydrogen (secondary N) is 1. The summed E-state index contributed by atoms with van der Waals surface area (Å²) in [6.45, 7) is 1.15. The number of nitrogens with zero attached hydrogens (tertiary/aromatic N) is 1. The molecule has 2 unspecified atom stereocenters. The number of para-hydroxylation sites is 1. The highest BCUT2D eigenvalue weighted by Crippen LogP contribution is 2.35. The van der Waals surface area contributed by atoms with E-state index < -0.39 is 6.10 Å². The SMILES string of the molecule is O=C(NCC1CC(c2ccc3c(c2)CCO3)=NO1)C1CSc2ccccc2O1. The van der Waals surface area contributed by atoms with Crippen molar-refractivity contribution < 1.29 is 19.1 Å². The average molecular weight is 396 g/mol. The number of carbonyl (C=O) groups is 1. The van der Waals surface area contributed by atoms with Crippen molar-refractivity contribution in [1.82, 2.24) is 5.32 Å². The molecule has 2 aromatic carbocycles. The third kappa shape index (κ3) is 3.42. The molecule has 5 rings (SSSR count). The summed E-state index contributed by atoms with van der Waals surface area (Å²) in [6.07, 6.45) is 0.952. The van der Waals surface area contributed by atoms with Crippen LogP contribution in [0.3, 0.4) is 0 Å². The monoisotopic (exact) mass is 396 g/mol. The molecule has 0 aromatic heterocycles. The molecule has 2 atom stereocenters. The Labute approximate surface area is 167 Å². The van der Waals surface area contributed by atoms with Crippen LogP contribution in [0.25, 0.3) is 0 Å².